The number of phenols is 1. The SMILES string of the molecule is NC(=O)C1CC(=O)N([C@@H](C(=O)O)c2ccc(O)cc2)C1. The molecule has 0 aromatic heterocycles. The van der Waals surface area contributed by atoms with Gasteiger partial charge in [-0.05, 0) is 17.7 Å². The van der Waals surface area contributed by atoms with Gasteiger partial charge in [-0.2, -0.15) is 0 Å². The van der Waals surface area contributed by atoms with Gasteiger partial charge in [-0.3, -0.25) is 9.59 Å². The standard InChI is InChI=1S/C13H14N2O5/c14-12(18)8-5-10(17)15(6-8)11(13(19)20)7-1-3-9(16)4-2-7/h1-4,8,11,16H,5-6H2,(H2,14,18)(H,19,20)/t8?,11-/m1/s1. The lowest BCUT2D eigenvalue weighted by atomic mass is 10.1. The van der Waals surface area contributed by atoms with Gasteiger partial charge in [-0.15, -0.1) is 0 Å². The minimum atomic E-state index is -1.20. The first-order valence-electron chi connectivity index (χ1n) is 6.00. The number of hydrogen-bond donors (Lipinski definition) is 3. The van der Waals surface area contributed by atoms with E-state index in [2.05, 4.69) is 0 Å². The lowest BCUT2D eigenvalue weighted by Gasteiger charge is -2.24. The first-order chi connectivity index (χ1) is 9.40. The van der Waals surface area contributed by atoms with Crippen LogP contribution in [0.15, 0.2) is 24.3 Å². The van der Waals surface area contributed by atoms with E-state index in [1.165, 1.54) is 24.3 Å². The number of phenolic OH excluding ortho intramolecular Hbond substituents is 1. The smallest absolute Gasteiger partial charge is 0.331 e. The van der Waals surface area contributed by atoms with E-state index >= 15 is 0 Å². The van der Waals surface area contributed by atoms with Crippen molar-refractivity contribution in [2.24, 2.45) is 11.7 Å². The lowest BCUT2D eigenvalue weighted by Crippen LogP contribution is -2.36. The van der Waals surface area contributed by atoms with Crippen LogP contribution >= 0.6 is 0 Å². The maximum atomic E-state index is 11.9. The highest BCUT2D eigenvalue weighted by Crippen LogP contribution is 2.29. The number of carbonyl (C=O) groups excluding carboxylic acids is 2. The number of primary amides is 1. The average Bonchev–Trinajstić information content (AvgIpc) is 2.74. The van der Waals surface area contributed by atoms with Crippen molar-refractivity contribution < 1.29 is 24.6 Å². The Morgan fingerprint density at radius 2 is 1.90 bits per heavy atom. The number of rotatable bonds is 4. The Morgan fingerprint density at radius 3 is 2.35 bits per heavy atom. The molecule has 2 amide bonds. The molecule has 0 saturated carbocycles. The minimum absolute atomic E-state index is 0.000602. The van der Waals surface area contributed by atoms with Gasteiger partial charge >= 0.3 is 5.97 Å². The number of amides is 2. The van der Waals surface area contributed by atoms with Gasteiger partial charge in [0.25, 0.3) is 0 Å². The summed E-state index contributed by atoms with van der Waals surface area (Å²) in [6.45, 7) is -0.00793. The van der Waals surface area contributed by atoms with Crippen LogP contribution in [0.4, 0.5) is 0 Å². The van der Waals surface area contributed by atoms with Crippen LogP contribution in [0.3, 0.4) is 0 Å². The van der Waals surface area contributed by atoms with E-state index in [1.807, 2.05) is 0 Å². The van der Waals surface area contributed by atoms with Gasteiger partial charge in [0.2, 0.25) is 11.8 Å². The van der Waals surface area contributed by atoms with E-state index in [0.717, 1.165) is 4.90 Å². The van der Waals surface area contributed by atoms with Crippen molar-refractivity contribution in [3.63, 3.8) is 0 Å². The van der Waals surface area contributed by atoms with E-state index in [1.54, 1.807) is 0 Å². The number of aliphatic carboxylic acids is 1. The number of aromatic hydroxyl groups is 1. The van der Waals surface area contributed by atoms with Crippen LogP contribution in [0.5, 0.6) is 5.75 Å². The Hall–Kier alpha value is -2.57. The molecule has 2 rings (SSSR count). The summed E-state index contributed by atoms with van der Waals surface area (Å²) in [4.78, 5) is 35.6. The second-order valence-corrected chi connectivity index (χ2v) is 4.68. The minimum Gasteiger partial charge on any atom is -0.508 e. The number of carboxylic acids is 1. The molecule has 7 heteroatoms. The Morgan fingerprint density at radius 1 is 1.30 bits per heavy atom. The molecule has 20 heavy (non-hydrogen) atoms. The largest absolute Gasteiger partial charge is 0.508 e. The molecule has 0 spiro atoms. The first-order valence-corrected chi connectivity index (χ1v) is 6.00. The Balaban J connectivity index is 2.30. The van der Waals surface area contributed by atoms with Crippen LogP contribution in [0.25, 0.3) is 0 Å². The number of hydrogen-bond acceptors (Lipinski definition) is 4. The third kappa shape index (κ3) is 2.56. The van der Waals surface area contributed by atoms with E-state index in [9.17, 15) is 24.6 Å². The quantitative estimate of drug-likeness (QED) is 0.707. The molecule has 106 valence electrons. The predicted molar refractivity (Wildman–Crippen MR) is 67.5 cm³/mol. The predicted octanol–water partition coefficient (Wildman–Crippen LogP) is -0.148. The van der Waals surface area contributed by atoms with Crippen LogP contribution in [0.2, 0.25) is 0 Å². The number of carboxylic acid groups (broad SMARTS) is 1. The van der Waals surface area contributed by atoms with Crippen molar-refractivity contribution in [2.75, 3.05) is 6.54 Å². The maximum absolute atomic E-state index is 11.9. The number of benzene rings is 1. The topological polar surface area (TPSA) is 121 Å². The highest BCUT2D eigenvalue weighted by atomic mass is 16.4. The molecular formula is C13H14N2O5. The highest BCUT2D eigenvalue weighted by molar-refractivity contribution is 5.91. The molecule has 1 saturated heterocycles. The molecule has 1 heterocycles. The summed E-state index contributed by atoms with van der Waals surface area (Å²) < 4.78 is 0. The molecule has 0 aliphatic carbocycles. The van der Waals surface area contributed by atoms with Crippen LogP contribution in [-0.2, 0) is 14.4 Å². The summed E-state index contributed by atoms with van der Waals surface area (Å²) in [5.41, 5.74) is 5.51. The Kier molecular flexibility index (Phi) is 3.60. The van der Waals surface area contributed by atoms with E-state index in [-0.39, 0.29) is 18.7 Å². The monoisotopic (exact) mass is 278 g/mol. The van der Waals surface area contributed by atoms with Crippen LogP contribution < -0.4 is 5.73 Å². The van der Waals surface area contributed by atoms with Crippen molar-refractivity contribution in [1.82, 2.24) is 4.90 Å². The summed E-state index contributed by atoms with van der Waals surface area (Å²) >= 11 is 0. The van der Waals surface area contributed by atoms with E-state index in [0.29, 0.717) is 5.56 Å². The fraction of sp³-hybridized carbons (Fsp3) is 0.308. The number of likely N-dealkylation sites (tertiary alicyclic amines) is 1. The van der Waals surface area contributed by atoms with E-state index < -0.39 is 29.7 Å². The van der Waals surface area contributed by atoms with Gasteiger partial charge in [0.05, 0.1) is 5.92 Å². The molecule has 1 aromatic rings. The third-order valence-electron chi connectivity index (χ3n) is 3.32. The van der Waals surface area contributed by atoms with Crippen molar-refractivity contribution in [2.45, 2.75) is 12.5 Å². The zero-order valence-electron chi connectivity index (χ0n) is 10.5. The van der Waals surface area contributed by atoms with Gasteiger partial charge < -0.3 is 20.8 Å². The molecule has 7 nitrogen and oxygen atoms in total. The molecule has 1 fully saturated rings. The zero-order chi connectivity index (χ0) is 14.9. The second kappa shape index (κ2) is 5.20. The number of nitrogens with two attached hydrogens (primary N) is 1. The Bertz CT molecular complexity index is 554. The van der Waals surface area contributed by atoms with Crippen molar-refractivity contribution in [3.8, 4) is 5.75 Å². The maximum Gasteiger partial charge on any atom is 0.331 e. The first kappa shape index (κ1) is 13.9. The fourth-order valence-electron chi connectivity index (χ4n) is 2.28. The van der Waals surface area contributed by atoms with Gasteiger partial charge in [0, 0.05) is 13.0 Å². The molecule has 1 aliphatic heterocycles. The molecule has 2 atom stereocenters. The molecule has 1 aliphatic rings. The average molecular weight is 278 g/mol. The van der Waals surface area contributed by atoms with Gasteiger partial charge in [-0.25, -0.2) is 4.79 Å². The second-order valence-electron chi connectivity index (χ2n) is 4.68. The van der Waals surface area contributed by atoms with Crippen LogP contribution in [0, 0.1) is 5.92 Å². The molecule has 1 unspecified atom stereocenters. The molecular weight excluding hydrogens is 264 g/mol. The van der Waals surface area contributed by atoms with Gasteiger partial charge in [0.15, 0.2) is 6.04 Å². The lowest BCUT2D eigenvalue weighted by molar-refractivity contribution is -0.148. The van der Waals surface area contributed by atoms with Gasteiger partial charge in [-0.1, -0.05) is 12.1 Å². The molecule has 0 bridgehead atoms. The summed E-state index contributed by atoms with van der Waals surface area (Å²) in [6.07, 6.45) is -0.0722. The third-order valence-corrected chi connectivity index (χ3v) is 3.32. The summed E-state index contributed by atoms with van der Waals surface area (Å²) in [5.74, 6) is -2.90. The highest BCUT2D eigenvalue weighted by Gasteiger charge is 2.40. The summed E-state index contributed by atoms with van der Waals surface area (Å²) in [6, 6.07) is 4.36. The van der Waals surface area contributed by atoms with E-state index in [4.69, 9.17) is 5.73 Å². The Labute approximate surface area is 114 Å². The molecule has 0 radical (unpaired) electrons. The molecule has 4 N–H and O–H groups in total. The number of carbonyl (C=O) groups is 3. The normalized spacial score (nSPS) is 19.9. The summed E-state index contributed by atoms with van der Waals surface area (Å²) in [7, 11) is 0. The fourth-order valence-corrected chi connectivity index (χ4v) is 2.28. The van der Waals surface area contributed by atoms with Crippen molar-refractivity contribution in [3.05, 3.63) is 29.8 Å². The zero-order valence-corrected chi connectivity index (χ0v) is 10.5. The number of nitrogens with zero attached hydrogens (tertiary/aromatic N) is 1. The van der Waals surface area contributed by atoms with Crippen LogP contribution in [0.1, 0.15) is 18.0 Å². The van der Waals surface area contributed by atoms with Gasteiger partial charge in [0.1, 0.15) is 5.75 Å². The van der Waals surface area contributed by atoms with Crippen molar-refractivity contribution >= 4 is 17.8 Å². The van der Waals surface area contributed by atoms with Crippen molar-refractivity contribution in [1.29, 1.82) is 0 Å². The molecule has 1 aromatic carbocycles. The summed E-state index contributed by atoms with van der Waals surface area (Å²) in [5, 5.41) is 18.5. The van der Waals surface area contributed by atoms with Crippen LogP contribution in [-0.4, -0.2) is 39.4 Å².